The Morgan fingerprint density at radius 3 is 2.77 bits per heavy atom. The Kier molecular flexibility index (Phi) is 4.16. The molecule has 2 heterocycles. The van der Waals surface area contributed by atoms with Crippen molar-refractivity contribution in [1.29, 1.82) is 0 Å². The van der Waals surface area contributed by atoms with Gasteiger partial charge in [-0.3, -0.25) is 15.1 Å². The smallest absolute Gasteiger partial charge is 0.276 e. The summed E-state index contributed by atoms with van der Waals surface area (Å²) in [6.07, 6.45) is 1.48. The number of para-hydroxylation sites is 1. The van der Waals surface area contributed by atoms with Crippen LogP contribution in [0.25, 0.3) is 5.70 Å². The lowest BCUT2D eigenvalue weighted by Crippen LogP contribution is -2.50. The molecule has 26 heavy (non-hydrogen) atoms. The second-order valence-corrected chi connectivity index (χ2v) is 6.80. The average Bonchev–Trinajstić information content (AvgIpc) is 2.66. The first kappa shape index (κ1) is 16.7. The molecule has 0 aromatic heterocycles. The highest BCUT2D eigenvalue weighted by molar-refractivity contribution is 8.13. The van der Waals surface area contributed by atoms with Gasteiger partial charge in [0.05, 0.1) is 12.5 Å². The number of fused-ring (bicyclic) bond motifs is 2. The molecule has 1 atom stereocenters. The zero-order valence-electron chi connectivity index (χ0n) is 14.7. The number of ether oxygens (including phenoxy) is 1. The van der Waals surface area contributed by atoms with Crippen LogP contribution < -0.4 is 20.6 Å². The predicted molar refractivity (Wildman–Crippen MR) is 102 cm³/mol. The maximum atomic E-state index is 12.8. The topological polar surface area (TPSA) is 66.3 Å². The van der Waals surface area contributed by atoms with Gasteiger partial charge in [-0.15, -0.1) is 5.10 Å². The van der Waals surface area contributed by atoms with E-state index in [2.05, 4.69) is 10.4 Å². The predicted octanol–water partition coefficient (Wildman–Crippen LogP) is 1.51. The summed E-state index contributed by atoms with van der Waals surface area (Å²) in [5, 5.41) is 11.3. The largest absolute Gasteiger partial charge is 0.496 e. The molecule has 7 heteroatoms. The first-order chi connectivity index (χ1) is 12.6. The molecule has 1 N–H and O–H groups in total. The van der Waals surface area contributed by atoms with Crippen molar-refractivity contribution in [3.8, 4) is 5.75 Å². The minimum absolute atomic E-state index is 0.165. The molecule has 2 aromatic carbocycles. The van der Waals surface area contributed by atoms with Crippen molar-refractivity contribution in [1.82, 2.24) is 10.3 Å². The molecule has 0 radical (unpaired) electrons. The number of rotatable bonds is 2. The van der Waals surface area contributed by atoms with Gasteiger partial charge in [0, 0.05) is 5.22 Å². The van der Waals surface area contributed by atoms with Crippen LogP contribution in [0.3, 0.4) is 0 Å². The van der Waals surface area contributed by atoms with Gasteiger partial charge >= 0.3 is 0 Å². The van der Waals surface area contributed by atoms with Crippen LogP contribution in [0.4, 0.5) is 0 Å². The van der Waals surface area contributed by atoms with Crippen molar-refractivity contribution >= 4 is 28.5 Å². The van der Waals surface area contributed by atoms with Crippen molar-refractivity contribution in [3.63, 3.8) is 0 Å². The Bertz CT molecular complexity index is 1050. The minimum Gasteiger partial charge on any atom is -0.496 e. The van der Waals surface area contributed by atoms with E-state index in [4.69, 9.17) is 9.73 Å². The van der Waals surface area contributed by atoms with E-state index < -0.39 is 6.17 Å². The molecule has 0 aliphatic carbocycles. The van der Waals surface area contributed by atoms with Gasteiger partial charge in [0.15, 0.2) is 11.3 Å². The molecule has 2 aliphatic rings. The van der Waals surface area contributed by atoms with Gasteiger partial charge in [0.25, 0.3) is 5.91 Å². The summed E-state index contributed by atoms with van der Waals surface area (Å²) in [5.41, 5.74) is 2.48. The Labute approximate surface area is 155 Å². The van der Waals surface area contributed by atoms with Crippen molar-refractivity contribution in [2.45, 2.75) is 13.1 Å². The Morgan fingerprint density at radius 1 is 1.23 bits per heavy atom. The maximum absolute atomic E-state index is 12.8. The molecule has 0 fully saturated rings. The summed E-state index contributed by atoms with van der Waals surface area (Å²) < 4.78 is 5.36. The molecule has 0 saturated carbocycles. The molecule has 0 spiro atoms. The van der Waals surface area contributed by atoms with Crippen LogP contribution in [-0.4, -0.2) is 29.4 Å². The number of hydrogen-bond acceptors (Lipinski definition) is 6. The molecule has 0 saturated heterocycles. The number of methoxy groups -OCH3 is 1. The summed E-state index contributed by atoms with van der Waals surface area (Å²) in [5.74, 6) is 0.654. The van der Waals surface area contributed by atoms with E-state index >= 15 is 0 Å². The number of carbonyl (C=O) groups is 1. The summed E-state index contributed by atoms with van der Waals surface area (Å²) in [7, 11) is 1.65. The Balaban J connectivity index is 1.95. The van der Waals surface area contributed by atoms with Gasteiger partial charge in [0.2, 0.25) is 0 Å². The number of benzene rings is 2. The molecule has 0 unspecified atom stereocenters. The second kappa shape index (κ2) is 6.49. The normalized spacial score (nSPS) is 18.3. The number of nitrogens with one attached hydrogen (secondary N) is 1. The van der Waals surface area contributed by atoms with E-state index in [9.17, 15) is 4.79 Å². The third kappa shape index (κ3) is 2.64. The lowest BCUT2D eigenvalue weighted by molar-refractivity contribution is -0.116. The summed E-state index contributed by atoms with van der Waals surface area (Å²) in [4.78, 5) is 17.6. The third-order valence-electron chi connectivity index (χ3n) is 4.43. The standard InChI is InChI=1S/C19H18N4O2S/c1-11-10-12(8-9-15(11)25-2)17-20-14-7-5-4-6-13(14)16-18(24)21-19(26-3)22-23(16)17/h4-10,17H,1-3H3,(H,21,22,24)/t17-/m1/s1. The highest BCUT2D eigenvalue weighted by Gasteiger charge is 2.34. The summed E-state index contributed by atoms with van der Waals surface area (Å²) in [6, 6.07) is 13.6. The Hall–Kier alpha value is -2.80. The first-order valence-corrected chi connectivity index (χ1v) is 9.39. The Morgan fingerprint density at radius 2 is 2.04 bits per heavy atom. The van der Waals surface area contributed by atoms with Crippen molar-refractivity contribution in [3.05, 3.63) is 64.2 Å². The highest BCUT2D eigenvalue weighted by atomic mass is 32.2. The number of thioether (sulfide) groups is 1. The number of aryl methyl sites for hydroxylation is 1. The number of hydrogen-bond donors (Lipinski definition) is 1. The number of hydrazone groups is 1. The van der Waals surface area contributed by atoms with Crippen molar-refractivity contribution in [2.75, 3.05) is 13.4 Å². The van der Waals surface area contributed by atoms with E-state index in [0.29, 0.717) is 10.9 Å². The quantitative estimate of drug-likeness (QED) is 0.875. The number of carbonyl (C=O) groups excluding carboxylic acids is 1. The van der Waals surface area contributed by atoms with Gasteiger partial charge < -0.3 is 4.74 Å². The zero-order valence-corrected chi connectivity index (χ0v) is 15.5. The maximum Gasteiger partial charge on any atom is 0.276 e. The van der Waals surface area contributed by atoms with Crippen LogP contribution in [0.1, 0.15) is 17.3 Å². The summed E-state index contributed by atoms with van der Waals surface area (Å²) >= 11 is 1.39. The molecule has 2 aromatic rings. The lowest BCUT2D eigenvalue weighted by atomic mass is 10.1. The van der Waals surface area contributed by atoms with Gasteiger partial charge in [-0.05, 0) is 42.5 Å². The number of nitrogens with zero attached hydrogens (tertiary/aromatic N) is 3. The monoisotopic (exact) mass is 366 g/mol. The van der Waals surface area contributed by atoms with Crippen molar-refractivity contribution in [2.24, 2.45) is 10.1 Å². The van der Waals surface area contributed by atoms with Crippen LogP contribution in [0.2, 0.25) is 0 Å². The third-order valence-corrected chi connectivity index (χ3v) is 5.00. The van der Waals surface area contributed by atoms with E-state index in [1.54, 1.807) is 12.1 Å². The van der Waals surface area contributed by atoms with Crippen molar-refractivity contribution < 1.29 is 9.53 Å². The SMILES string of the molecule is COc1ccc([C@@H]2N=c3ccccc3=C3C(=O)NC(SC)=NN32)cc1C. The van der Waals surface area contributed by atoms with Crippen LogP contribution in [0.5, 0.6) is 5.75 Å². The summed E-state index contributed by atoms with van der Waals surface area (Å²) in [6.45, 7) is 1.99. The molecule has 2 aliphatic heterocycles. The molecule has 4 rings (SSSR count). The fraction of sp³-hybridized carbons (Fsp3) is 0.211. The minimum atomic E-state index is -0.405. The fourth-order valence-corrected chi connectivity index (χ4v) is 3.56. The second-order valence-electron chi connectivity index (χ2n) is 6.01. The van der Waals surface area contributed by atoms with Crippen LogP contribution in [0, 0.1) is 6.92 Å². The van der Waals surface area contributed by atoms with Gasteiger partial charge in [-0.1, -0.05) is 36.0 Å². The average molecular weight is 366 g/mol. The molecule has 1 amide bonds. The molecule has 132 valence electrons. The highest BCUT2D eigenvalue weighted by Crippen LogP contribution is 2.32. The fourth-order valence-electron chi connectivity index (χ4n) is 3.20. The molecular formula is C19H18N4O2S. The lowest BCUT2D eigenvalue weighted by Gasteiger charge is -2.34. The van der Waals surface area contributed by atoms with Crippen LogP contribution in [0.15, 0.2) is 52.6 Å². The van der Waals surface area contributed by atoms with E-state index in [-0.39, 0.29) is 5.91 Å². The van der Waals surface area contributed by atoms with Crippen LogP contribution in [-0.2, 0) is 4.79 Å². The van der Waals surface area contributed by atoms with Crippen LogP contribution >= 0.6 is 11.8 Å². The van der Waals surface area contributed by atoms with E-state index in [0.717, 1.165) is 27.5 Å². The first-order valence-electron chi connectivity index (χ1n) is 8.17. The van der Waals surface area contributed by atoms with Gasteiger partial charge in [-0.25, -0.2) is 5.01 Å². The number of amides is 1. The molecule has 0 bridgehead atoms. The van der Waals surface area contributed by atoms with E-state index in [1.165, 1.54) is 11.8 Å². The molecular weight excluding hydrogens is 348 g/mol. The van der Waals surface area contributed by atoms with Gasteiger partial charge in [-0.2, -0.15) is 0 Å². The molecule has 6 nitrogen and oxygen atoms in total. The van der Waals surface area contributed by atoms with Gasteiger partial charge in [0.1, 0.15) is 11.4 Å². The number of amidine groups is 1. The van der Waals surface area contributed by atoms with E-state index in [1.807, 2.05) is 55.6 Å². The zero-order chi connectivity index (χ0) is 18.3.